The minimum Gasteiger partial charge on any atom is -0.457 e. The van der Waals surface area contributed by atoms with E-state index >= 15 is 0 Å². The van der Waals surface area contributed by atoms with Crippen LogP contribution in [0.1, 0.15) is 54.0 Å². The fourth-order valence-corrected chi connectivity index (χ4v) is 4.15. The van der Waals surface area contributed by atoms with E-state index in [1.54, 1.807) is 4.90 Å². The number of hydrogen-bond donors (Lipinski definition) is 0. The summed E-state index contributed by atoms with van der Waals surface area (Å²) in [5, 5.41) is 0. The van der Waals surface area contributed by atoms with Crippen LogP contribution < -0.4 is 4.90 Å². The molecule has 0 N–H and O–H groups in total. The van der Waals surface area contributed by atoms with Gasteiger partial charge in [-0.05, 0) is 44.4 Å². The van der Waals surface area contributed by atoms with E-state index in [1.807, 2.05) is 51.1 Å². The van der Waals surface area contributed by atoms with Gasteiger partial charge in [-0.25, -0.2) is 0 Å². The number of carbonyl (C=O) groups excluding carboxylic acids is 3. The Morgan fingerprint density at radius 2 is 1.90 bits per heavy atom. The summed E-state index contributed by atoms with van der Waals surface area (Å²) in [6.07, 6.45) is 1.89. The van der Waals surface area contributed by atoms with Gasteiger partial charge < -0.3 is 14.2 Å². The second-order valence-electron chi connectivity index (χ2n) is 7.85. The van der Waals surface area contributed by atoms with Crippen molar-refractivity contribution in [2.75, 3.05) is 18.1 Å². The average Bonchev–Trinajstić information content (AvgIpc) is 3.26. The highest BCUT2D eigenvalue weighted by Gasteiger charge is 2.37. The lowest BCUT2D eigenvalue weighted by molar-refractivity contribution is -0.147. The lowest BCUT2D eigenvalue weighted by Gasteiger charge is -2.19. The fraction of sp³-hybridized carbons (Fsp3) is 0.458. The third-order valence-corrected chi connectivity index (χ3v) is 5.79. The molecule has 1 amide bonds. The third kappa shape index (κ3) is 4.32. The number of anilines is 1. The maximum absolute atomic E-state index is 12.6. The van der Waals surface area contributed by atoms with Crippen molar-refractivity contribution in [3.05, 3.63) is 52.8 Å². The van der Waals surface area contributed by atoms with E-state index in [0.29, 0.717) is 5.56 Å². The van der Waals surface area contributed by atoms with Crippen molar-refractivity contribution in [2.24, 2.45) is 5.92 Å². The smallest absolute Gasteiger partial charge is 0.311 e. The molecular formula is C24H30N2O4. The van der Waals surface area contributed by atoms with Crippen molar-refractivity contribution in [2.45, 2.75) is 53.5 Å². The Labute approximate surface area is 177 Å². The standard InChI is InChI=1S/C24H30N2O4/c1-5-11-25-16(3)12-20(17(25)4)22(27)15-30-24(29)19-13-23(28)26(14-19)21-10-8-7-9-18(21)6-2/h7-10,12,19H,5-6,11,13-15H2,1-4H3/t19-/m0/s1. The first kappa shape index (κ1) is 21.8. The molecule has 1 aromatic carbocycles. The lowest BCUT2D eigenvalue weighted by atomic mass is 10.1. The van der Waals surface area contributed by atoms with Gasteiger partial charge in [-0.15, -0.1) is 0 Å². The first-order valence-electron chi connectivity index (χ1n) is 10.6. The van der Waals surface area contributed by atoms with Crippen molar-refractivity contribution in [1.29, 1.82) is 0 Å². The van der Waals surface area contributed by atoms with Crippen molar-refractivity contribution < 1.29 is 19.1 Å². The van der Waals surface area contributed by atoms with Gasteiger partial charge in [0.1, 0.15) is 0 Å². The van der Waals surface area contributed by atoms with Crippen LogP contribution >= 0.6 is 0 Å². The molecule has 0 aliphatic carbocycles. The number of rotatable bonds is 8. The molecule has 0 bridgehead atoms. The number of esters is 1. The van der Waals surface area contributed by atoms with Gasteiger partial charge in [-0.1, -0.05) is 32.0 Å². The maximum Gasteiger partial charge on any atom is 0.311 e. The van der Waals surface area contributed by atoms with Gasteiger partial charge in [0.2, 0.25) is 11.7 Å². The molecular weight excluding hydrogens is 380 g/mol. The molecule has 2 aromatic rings. The summed E-state index contributed by atoms with van der Waals surface area (Å²) in [6, 6.07) is 9.57. The van der Waals surface area contributed by atoms with Gasteiger partial charge in [-0.2, -0.15) is 0 Å². The van der Waals surface area contributed by atoms with Crippen molar-refractivity contribution >= 4 is 23.3 Å². The molecule has 6 heteroatoms. The van der Waals surface area contributed by atoms with E-state index in [9.17, 15) is 14.4 Å². The topological polar surface area (TPSA) is 68.6 Å². The zero-order chi connectivity index (χ0) is 21.8. The van der Waals surface area contributed by atoms with Gasteiger partial charge in [0.05, 0.1) is 5.92 Å². The predicted octanol–water partition coefficient (Wildman–Crippen LogP) is 3.86. The Morgan fingerprint density at radius 3 is 2.60 bits per heavy atom. The van der Waals surface area contributed by atoms with E-state index in [0.717, 1.165) is 42.0 Å². The highest BCUT2D eigenvalue weighted by atomic mass is 16.5. The summed E-state index contributed by atoms with van der Waals surface area (Å²) in [4.78, 5) is 39.3. The van der Waals surface area contributed by atoms with E-state index < -0.39 is 11.9 Å². The first-order chi connectivity index (χ1) is 14.4. The number of hydrogen-bond acceptors (Lipinski definition) is 4. The highest BCUT2D eigenvalue weighted by molar-refractivity contribution is 6.01. The zero-order valence-corrected chi connectivity index (χ0v) is 18.2. The van der Waals surface area contributed by atoms with E-state index in [1.165, 1.54) is 0 Å². The Hall–Kier alpha value is -2.89. The molecule has 2 heterocycles. The van der Waals surface area contributed by atoms with Gasteiger partial charge in [0.15, 0.2) is 6.61 Å². The van der Waals surface area contributed by atoms with Crippen molar-refractivity contribution in [3.8, 4) is 0 Å². The van der Waals surface area contributed by atoms with Crippen LogP contribution in [0.3, 0.4) is 0 Å². The van der Waals surface area contributed by atoms with Gasteiger partial charge in [0, 0.05) is 42.1 Å². The molecule has 1 atom stereocenters. The monoisotopic (exact) mass is 410 g/mol. The van der Waals surface area contributed by atoms with E-state index in [-0.39, 0.29) is 31.3 Å². The SMILES string of the molecule is CCCn1c(C)cc(C(=O)COC(=O)[C@H]2CC(=O)N(c3ccccc3CC)C2)c1C. The number of benzene rings is 1. The average molecular weight is 411 g/mol. The maximum atomic E-state index is 12.6. The number of Topliss-reactive ketones (excluding diaryl/α,β-unsaturated/α-hetero) is 1. The Morgan fingerprint density at radius 1 is 1.17 bits per heavy atom. The second-order valence-corrected chi connectivity index (χ2v) is 7.85. The summed E-state index contributed by atoms with van der Waals surface area (Å²) in [5.74, 6) is -1.35. The molecule has 160 valence electrons. The largest absolute Gasteiger partial charge is 0.457 e. The van der Waals surface area contributed by atoms with Crippen LogP contribution in [0.2, 0.25) is 0 Å². The van der Waals surface area contributed by atoms with Crippen LogP contribution in [-0.4, -0.2) is 35.4 Å². The molecule has 1 fully saturated rings. The van der Waals surface area contributed by atoms with Crippen LogP contribution in [0.5, 0.6) is 0 Å². The molecule has 30 heavy (non-hydrogen) atoms. The molecule has 0 unspecified atom stereocenters. The number of aromatic nitrogens is 1. The Balaban J connectivity index is 1.63. The normalized spacial score (nSPS) is 16.2. The van der Waals surface area contributed by atoms with E-state index in [2.05, 4.69) is 11.5 Å². The summed E-state index contributed by atoms with van der Waals surface area (Å²) in [5.41, 5.74) is 4.43. The molecule has 0 radical (unpaired) electrons. The summed E-state index contributed by atoms with van der Waals surface area (Å²) in [6.45, 7) is 8.85. The predicted molar refractivity (Wildman–Crippen MR) is 116 cm³/mol. The summed E-state index contributed by atoms with van der Waals surface area (Å²) in [7, 11) is 0. The molecule has 1 aliphatic heterocycles. The van der Waals surface area contributed by atoms with Crippen LogP contribution in [-0.2, 0) is 27.3 Å². The molecule has 1 aromatic heterocycles. The van der Waals surface area contributed by atoms with Crippen LogP contribution in [0.25, 0.3) is 0 Å². The summed E-state index contributed by atoms with van der Waals surface area (Å²) < 4.78 is 7.42. The van der Waals surface area contributed by atoms with Gasteiger partial charge in [0.25, 0.3) is 0 Å². The zero-order valence-electron chi connectivity index (χ0n) is 18.2. The number of aryl methyl sites for hydroxylation is 2. The first-order valence-corrected chi connectivity index (χ1v) is 10.6. The van der Waals surface area contributed by atoms with Crippen LogP contribution in [0, 0.1) is 19.8 Å². The number of para-hydroxylation sites is 1. The summed E-state index contributed by atoms with van der Waals surface area (Å²) >= 11 is 0. The molecule has 6 nitrogen and oxygen atoms in total. The third-order valence-electron chi connectivity index (χ3n) is 5.79. The van der Waals surface area contributed by atoms with Gasteiger partial charge in [-0.3, -0.25) is 14.4 Å². The molecule has 1 aliphatic rings. The second kappa shape index (κ2) is 9.28. The van der Waals surface area contributed by atoms with Crippen molar-refractivity contribution in [3.63, 3.8) is 0 Å². The van der Waals surface area contributed by atoms with Crippen LogP contribution in [0.4, 0.5) is 5.69 Å². The molecule has 3 rings (SSSR count). The number of carbonyl (C=O) groups is 3. The minimum absolute atomic E-state index is 0.0905. The molecule has 1 saturated heterocycles. The number of ketones is 1. The number of amides is 1. The van der Waals surface area contributed by atoms with Gasteiger partial charge >= 0.3 is 5.97 Å². The lowest BCUT2D eigenvalue weighted by Crippen LogP contribution is -2.28. The Bertz CT molecular complexity index is 960. The Kier molecular flexibility index (Phi) is 6.75. The quantitative estimate of drug-likeness (QED) is 0.490. The minimum atomic E-state index is -0.553. The molecule has 0 saturated carbocycles. The number of nitrogens with zero attached hydrogens (tertiary/aromatic N) is 2. The van der Waals surface area contributed by atoms with Crippen molar-refractivity contribution in [1.82, 2.24) is 4.57 Å². The fourth-order valence-electron chi connectivity index (χ4n) is 4.15. The molecule has 0 spiro atoms. The van der Waals surface area contributed by atoms with E-state index in [4.69, 9.17) is 4.74 Å². The number of ether oxygens (including phenoxy) is 1. The van der Waals surface area contributed by atoms with Crippen LogP contribution in [0.15, 0.2) is 30.3 Å². The highest BCUT2D eigenvalue weighted by Crippen LogP contribution is 2.29.